The average molecular weight is 260 g/mol. The Morgan fingerprint density at radius 1 is 1.35 bits per heavy atom. The number of nitrogens with one attached hydrogen (secondary N) is 1. The molecule has 1 aromatic heterocycles. The molecule has 0 aliphatic rings. The second kappa shape index (κ2) is 5.46. The van der Waals surface area contributed by atoms with Gasteiger partial charge in [-0.25, -0.2) is 0 Å². The van der Waals surface area contributed by atoms with Gasteiger partial charge in [0.1, 0.15) is 0 Å². The summed E-state index contributed by atoms with van der Waals surface area (Å²) in [5.74, 6) is 0.864. The van der Waals surface area contributed by atoms with Gasteiger partial charge in [0, 0.05) is 13.6 Å². The van der Waals surface area contributed by atoms with E-state index in [1.807, 2.05) is 20.8 Å². The van der Waals surface area contributed by atoms with Gasteiger partial charge < -0.3 is 15.3 Å². The van der Waals surface area contributed by atoms with E-state index >= 15 is 0 Å². The maximum absolute atomic E-state index is 9.31. The maximum Gasteiger partial charge on any atom is 0.231 e. The lowest BCUT2D eigenvalue weighted by Crippen LogP contribution is -2.45. The highest BCUT2D eigenvalue weighted by Crippen LogP contribution is 2.20. The van der Waals surface area contributed by atoms with Crippen molar-refractivity contribution in [1.82, 2.24) is 15.0 Å². The van der Waals surface area contributed by atoms with Crippen molar-refractivity contribution in [3.63, 3.8) is 0 Å². The highest BCUT2D eigenvalue weighted by Gasteiger charge is 2.25. The number of aromatic nitrogens is 3. The molecular formula is C10H18ClN5O. The van der Waals surface area contributed by atoms with Crippen LogP contribution in [0.3, 0.4) is 0 Å². The Morgan fingerprint density at radius 3 is 2.53 bits per heavy atom. The highest BCUT2D eigenvalue weighted by molar-refractivity contribution is 6.28. The van der Waals surface area contributed by atoms with Crippen LogP contribution in [-0.4, -0.2) is 45.8 Å². The second-order valence-electron chi connectivity index (χ2n) is 4.29. The first-order chi connectivity index (χ1) is 7.90. The van der Waals surface area contributed by atoms with Gasteiger partial charge in [-0.3, -0.25) is 0 Å². The molecule has 2 N–H and O–H groups in total. The third-order valence-electron chi connectivity index (χ3n) is 2.53. The minimum Gasteiger partial charge on any atom is -0.394 e. The summed E-state index contributed by atoms with van der Waals surface area (Å²) < 4.78 is 0. The Bertz CT molecular complexity index is 385. The van der Waals surface area contributed by atoms with Crippen molar-refractivity contribution in [3.05, 3.63) is 5.28 Å². The molecule has 0 amide bonds. The lowest BCUT2D eigenvalue weighted by molar-refractivity contribution is 0.215. The third kappa shape index (κ3) is 3.41. The van der Waals surface area contributed by atoms with Gasteiger partial charge in [0.05, 0.1) is 12.1 Å². The van der Waals surface area contributed by atoms with E-state index in [0.29, 0.717) is 18.4 Å². The smallest absolute Gasteiger partial charge is 0.231 e. The van der Waals surface area contributed by atoms with Crippen molar-refractivity contribution in [2.24, 2.45) is 0 Å². The summed E-state index contributed by atoms with van der Waals surface area (Å²) in [4.78, 5) is 14.0. The third-order valence-corrected chi connectivity index (χ3v) is 2.70. The molecule has 6 nitrogen and oxygen atoms in total. The minimum atomic E-state index is -0.464. The zero-order valence-electron chi connectivity index (χ0n) is 10.5. The molecule has 0 aliphatic heterocycles. The molecule has 0 atom stereocenters. The van der Waals surface area contributed by atoms with Gasteiger partial charge in [-0.2, -0.15) is 15.0 Å². The molecule has 1 heterocycles. The number of hydrogen-bond donors (Lipinski definition) is 2. The van der Waals surface area contributed by atoms with E-state index < -0.39 is 5.54 Å². The second-order valence-corrected chi connectivity index (χ2v) is 4.63. The standard InChI is InChI=1S/C10H18ClN5O/c1-5-12-8-13-7(11)14-9(15-8)16(4)10(2,3)6-17/h17H,5-6H2,1-4H3,(H,12,13,14,15). The summed E-state index contributed by atoms with van der Waals surface area (Å²) in [5, 5.41) is 12.4. The van der Waals surface area contributed by atoms with Gasteiger partial charge in [0.25, 0.3) is 0 Å². The molecule has 0 bridgehead atoms. The Kier molecular flexibility index (Phi) is 4.47. The average Bonchev–Trinajstić information content (AvgIpc) is 2.27. The van der Waals surface area contributed by atoms with Gasteiger partial charge >= 0.3 is 0 Å². The van der Waals surface area contributed by atoms with Crippen LogP contribution in [0.15, 0.2) is 0 Å². The SMILES string of the molecule is CCNc1nc(Cl)nc(N(C)C(C)(C)CO)n1. The molecule has 1 rings (SSSR count). The number of aliphatic hydroxyl groups is 1. The first kappa shape index (κ1) is 13.9. The molecule has 7 heteroatoms. The maximum atomic E-state index is 9.31. The normalized spacial score (nSPS) is 11.4. The van der Waals surface area contributed by atoms with Gasteiger partial charge in [0.15, 0.2) is 0 Å². The molecule has 0 saturated heterocycles. The molecule has 0 aromatic carbocycles. The van der Waals surface area contributed by atoms with E-state index in [-0.39, 0.29) is 11.9 Å². The van der Waals surface area contributed by atoms with Crippen LogP contribution >= 0.6 is 11.6 Å². The van der Waals surface area contributed by atoms with Crippen molar-refractivity contribution in [2.45, 2.75) is 26.3 Å². The molecule has 0 saturated carbocycles. The lowest BCUT2D eigenvalue weighted by atomic mass is 10.1. The first-order valence-corrected chi connectivity index (χ1v) is 5.78. The van der Waals surface area contributed by atoms with E-state index in [0.717, 1.165) is 0 Å². The summed E-state index contributed by atoms with van der Waals surface area (Å²) in [7, 11) is 1.80. The van der Waals surface area contributed by atoms with Crippen LogP contribution in [0, 0.1) is 0 Å². The first-order valence-electron chi connectivity index (χ1n) is 5.41. The van der Waals surface area contributed by atoms with Crippen LogP contribution in [0.4, 0.5) is 11.9 Å². The van der Waals surface area contributed by atoms with Crippen molar-refractivity contribution >= 4 is 23.5 Å². The predicted octanol–water partition coefficient (Wildman–Crippen LogP) is 1.16. The van der Waals surface area contributed by atoms with Gasteiger partial charge in [-0.15, -0.1) is 0 Å². The fraction of sp³-hybridized carbons (Fsp3) is 0.700. The van der Waals surface area contributed by atoms with Gasteiger partial charge in [0.2, 0.25) is 17.2 Å². The van der Waals surface area contributed by atoms with Crippen molar-refractivity contribution < 1.29 is 5.11 Å². The molecule has 17 heavy (non-hydrogen) atoms. The molecule has 0 unspecified atom stereocenters. The topological polar surface area (TPSA) is 74.2 Å². The Balaban J connectivity index is 3.05. The lowest BCUT2D eigenvalue weighted by Gasteiger charge is -2.33. The Labute approximate surface area is 106 Å². The molecule has 0 fully saturated rings. The van der Waals surface area contributed by atoms with Crippen molar-refractivity contribution in [1.29, 1.82) is 0 Å². The molecular weight excluding hydrogens is 242 g/mol. The number of likely N-dealkylation sites (N-methyl/N-ethyl adjacent to an activating group) is 1. The zero-order valence-corrected chi connectivity index (χ0v) is 11.3. The monoisotopic (exact) mass is 259 g/mol. The summed E-state index contributed by atoms with van der Waals surface area (Å²) in [5.41, 5.74) is -0.464. The quantitative estimate of drug-likeness (QED) is 0.827. The Morgan fingerprint density at radius 2 is 2.00 bits per heavy atom. The molecule has 1 aromatic rings. The number of anilines is 2. The van der Waals surface area contributed by atoms with Gasteiger partial charge in [-0.05, 0) is 32.4 Å². The molecule has 0 spiro atoms. The number of nitrogens with zero attached hydrogens (tertiary/aromatic N) is 4. The van der Waals surface area contributed by atoms with Crippen LogP contribution < -0.4 is 10.2 Å². The fourth-order valence-electron chi connectivity index (χ4n) is 1.10. The van der Waals surface area contributed by atoms with E-state index in [1.54, 1.807) is 11.9 Å². The van der Waals surface area contributed by atoms with Crippen molar-refractivity contribution in [3.8, 4) is 0 Å². The van der Waals surface area contributed by atoms with E-state index in [4.69, 9.17) is 11.6 Å². The summed E-state index contributed by atoms with van der Waals surface area (Å²) in [6, 6.07) is 0. The highest BCUT2D eigenvalue weighted by atomic mass is 35.5. The predicted molar refractivity (Wildman–Crippen MR) is 68.6 cm³/mol. The molecule has 0 radical (unpaired) electrons. The number of hydrogen-bond acceptors (Lipinski definition) is 6. The molecule has 0 aliphatic carbocycles. The number of aliphatic hydroxyl groups excluding tert-OH is 1. The van der Waals surface area contributed by atoms with E-state index in [9.17, 15) is 5.11 Å². The van der Waals surface area contributed by atoms with E-state index in [2.05, 4.69) is 20.3 Å². The zero-order chi connectivity index (χ0) is 13.1. The van der Waals surface area contributed by atoms with Crippen LogP contribution in [-0.2, 0) is 0 Å². The van der Waals surface area contributed by atoms with Crippen LogP contribution in [0.2, 0.25) is 5.28 Å². The van der Waals surface area contributed by atoms with Crippen LogP contribution in [0.5, 0.6) is 0 Å². The van der Waals surface area contributed by atoms with Crippen LogP contribution in [0.1, 0.15) is 20.8 Å². The number of rotatable bonds is 5. The summed E-state index contributed by atoms with van der Waals surface area (Å²) >= 11 is 5.83. The fourth-order valence-corrected chi connectivity index (χ4v) is 1.26. The molecule has 96 valence electrons. The summed E-state index contributed by atoms with van der Waals surface area (Å²) in [6.45, 7) is 6.41. The Hall–Kier alpha value is -1.14. The minimum absolute atomic E-state index is 0.0106. The van der Waals surface area contributed by atoms with E-state index in [1.165, 1.54) is 0 Å². The summed E-state index contributed by atoms with van der Waals surface area (Å²) in [6.07, 6.45) is 0. The largest absolute Gasteiger partial charge is 0.394 e. The number of halogens is 1. The van der Waals surface area contributed by atoms with Gasteiger partial charge in [-0.1, -0.05) is 0 Å². The van der Waals surface area contributed by atoms with Crippen LogP contribution in [0.25, 0.3) is 0 Å². The van der Waals surface area contributed by atoms with Crippen molar-refractivity contribution in [2.75, 3.05) is 30.4 Å².